The molecular formula is C12H8BrN3O3S. The first kappa shape index (κ1) is 14.3. The third kappa shape index (κ3) is 3.07. The van der Waals surface area contributed by atoms with Crippen molar-refractivity contribution in [3.05, 3.63) is 56.9 Å². The lowest BCUT2D eigenvalue weighted by atomic mass is 10.2. The maximum Gasteiger partial charge on any atom is 0.263 e. The number of halogens is 1. The van der Waals surface area contributed by atoms with E-state index in [0.717, 1.165) is 12.3 Å². The Morgan fingerprint density at radius 1 is 1.25 bits per heavy atom. The van der Waals surface area contributed by atoms with Crippen LogP contribution in [0.4, 0.5) is 5.69 Å². The van der Waals surface area contributed by atoms with E-state index in [1.54, 1.807) is 0 Å². The quantitative estimate of drug-likeness (QED) is 0.877. The van der Waals surface area contributed by atoms with Crippen molar-refractivity contribution in [1.29, 1.82) is 5.26 Å². The number of pyridine rings is 1. The van der Waals surface area contributed by atoms with E-state index in [-0.39, 0.29) is 10.5 Å². The van der Waals surface area contributed by atoms with Crippen LogP contribution in [0.2, 0.25) is 0 Å². The van der Waals surface area contributed by atoms with Crippen LogP contribution < -0.4 is 10.3 Å². The van der Waals surface area contributed by atoms with Crippen LogP contribution >= 0.6 is 15.9 Å². The van der Waals surface area contributed by atoms with Gasteiger partial charge in [0.25, 0.3) is 10.0 Å². The summed E-state index contributed by atoms with van der Waals surface area (Å²) in [6, 6.07) is 8.76. The molecule has 0 aliphatic heterocycles. The maximum absolute atomic E-state index is 12.1. The molecule has 6 nitrogen and oxygen atoms in total. The summed E-state index contributed by atoms with van der Waals surface area (Å²) in [4.78, 5) is 13.2. The minimum atomic E-state index is -3.81. The first-order chi connectivity index (χ1) is 9.42. The van der Waals surface area contributed by atoms with E-state index in [9.17, 15) is 13.2 Å². The molecule has 2 rings (SSSR count). The Labute approximate surface area is 123 Å². The summed E-state index contributed by atoms with van der Waals surface area (Å²) in [7, 11) is -3.81. The molecule has 0 saturated heterocycles. The zero-order chi connectivity index (χ0) is 14.8. The van der Waals surface area contributed by atoms with Gasteiger partial charge < -0.3 is 4.98 Å². The summed E-state index contributed by atoms with van der Waals surface area (Å²) < 4.78 is 27.0. The second kappa shape index (κ2) is 5.48. The van der Waals surface area contributed by atoms with E-state index in [2.05, 4.69) is 25.6 Å². The Morgan fingerprint density at radius 3 is 2.55 bits per heavy atom. The number of sulfonamides is 1. The summed E-state index contributed by atoms with van der Waals surface area (Å²) in [6.45, 7) is 0. The highest BCUT2D eigenvalue weighted by atomic mass is 79.9. The third-order valence-corrected chi connectivity index (χ3v) is 4.43. The highest BCUT2D eigenvalue weighted by Crippen LogP contribution is 2.25. The molecule has 0 aliphatic rings. The van der Waals surface area contributed by atoms with Crippen LogP contribution in [0.25, 0.3) is 0 Å². The fourth-order valence-electron chi connectivity index (χ4n) is 1.43. The van der Waals surface area contributed by atoms with Gasteiger partial charge in [-0.3, -0.25) is 9.52 Å². The third-order valence-electron chi connectivity index (χ3n) is 2.41. The van der Waals surface area contributed by atoms with Crippen LogP contribution in [-0.2, 0) is 10.0 Å². The SMILES string of the molecule is N#Cc1ccc(NS(=O)(=O)c2ccc(=O)[nH]c2)c(Br)c1. The average Bonchev–Trinajstić information content (AvgIpc) is 2.41. The smallest absolute Gasteiger partial charge is 0.263 e. The summed E-state index contributed by atoms with van der Waals surface area (Å²) in [5.74, 6) is 0. The van der Waals surface area contributed by atoms with E-state index >= 15 is 0 Å². The van der Waals surface area contributed by atoms with Crippen molar-refractivity contribution < 1.29 is 8.42 Å². The molecule has 1 aromatic heterocycles. The predicted octanol–water partition coefficient (Wildman–Crippen LogP) is 1.81. The topological polar surface area (TPSA) is 103 Å². The highest BCUT2D eigenvalue weighted by molar-refractivity contribution is 9.10. The number of aromatic nitrogens is 1. The van der Waals surface area contributed by atoms with Crippen LogP contribution in [0.15, 0.2) is 50.7 Å². The monoisotopic (exact) mass is 353 g/mol. The number of nitriles is 1. The van der Waals surface area contributed by atoms with Crippen molar-refractivity contribution in [3.63, 3.8) is 0 Å². The number of nitrogens with one attached hydrogen (secondary N) is 2. The van der Waals surface area contributed by atoms with Crippen molar-refractivity contribution in [2.75, 3.05) is 4.72 Å². The number of hydrogen-bond acceptors (Lipinski definition) is 4. The molecular weight excluding hydrogens is 346 g/mol. The molecule has 0 radical (unpaired) electrons. The van der Waals surface area contributed by atoms with E-state index in [4.69, 9.17) is 5.26 Å². The minimum Gasteiger partial charge on any atom is -0.328 e. The Bertz CT molecular complexity index is 832. The molecule has 0 aliphatic carbocycles. The van der Waals surface area contributed by atoms with Gasteiger partial charge in [0, 0.05) is 16.7 Å². The van der Waals surface area contributed by atoms with E-state index in [1.165, 1.54) is 24.3 Å². The van der Waals surface area contributed by atoms with Crippen LogP contribution in [0.1, 0.15) is 5.56 Å². The highest BCUT2D eigenvalue weighted by Gasteiger charge is 2.15. The zero-order valence-corrected chi connectivity index (χ0v) is 12.3. The number of nitrogens with zero attached hydrogens (tertiary/aromatic N) is 1. The van der Waals surface area contributed by atoms with Gasteiger partial charge in [0.15, 0.2) is 0 Å². The standard InChI is InChI=1S/C12H8BrN3O3S/c13-10-5-8(6-14)1-3-11(10)16-20(18,19)9-2-4-12(17)15-7-9/h1-5,7,16H,(H,15,17). The van der Waals surface area contributed by atoms with Gasteiger partial charge in [-0.05, 0) is 40.2 Å². The molecule has 0 amide bonds. The Kier molecular flexibility index (Phi) is 3.92. The van der Waals surface area contributed by atoms with Crippen LogP contribution in [-0.4, -0.2) is 13.4 Å². The Balaban J connectivity index is 2.36. The second-order valence-corrected chi connectivity index (χ2v) is 6.34. The number of hydrogen-bond donors (Lipinski definition) is 2. The molecule has 102 valence electrons. The number of rotatable bonds is 3. The van der Waals surface area contributed by atoms with Crippen LogP contribution in [0, 0.1) is 11.3 Å². The molecule has 0 unspecified atom stereocenters. The largest absolute Gasteiger partial charge is 0.328 e. The molecule has 1 aromatic carbocycles. The van der Waals surface area contributed by atoms with Crippen molar-refractivity contribution >= 4 is 31.6 Å². The molecule has 0 bridgehead atoms. The summed E-state index contributed by atoms with van der Waals surface area (Å²) in [5.41, 5.74) is 0.322. The molecule has 0 fully saturated rings. The van der Waals surface area contributed by atoms with Crippen LogP contribution in [0.3, 0.4) is 0 Å². The normalized spacial score (nSPS) is 10.8. The van der Waals surface area contributed by atoms with Gasteiger partial charge in [0.1, 0.15) is 4.90 Å². The summed E-state index contributed by atoms with van der Waals surface area (Å²) >= 11 is 3.19. The first-order valence-corrected chi connectivity index (χ1v) is 7.61. The van der Waals surface area contributed by atoms with E-state index < -0.39 is 10.0 Å². The maximum atomic E-state index is 12.1. The lowest BCUT2D eigenvalue weighted by Crippen LogP contribution is -2.15. The van der Waals surface area contributed by atoms with Gasteiger partial charge in [-0.15, -0.1) is 0 Å². The van der Waals surface area contributed by atoms with Crippen molar-refractivity contribution in [3.8, 4) is 6.07 Å². The first-order valence-electron chi connectivity index (χ1n) is 5.33. The zero-order valence-electron chi connectivity index (χ0n) is 9.92. The number of aromatic amines is 1. The number of H-pyrrole nitrogens is 1. The van der Waals surface area contributed by atoms with Gasteiger partial charge in [-0.2, -0.15) is 5.26 Å². The Hall–Kier alpha value is -2.11. The summed E-state index contributed by atoms with van der Waals surface area (Å²) in [6.07, 6.45) is 1.11. The van der Waals surface area contributed by atoms with Gasteiger partial charge in [0.05, 0.1) is 17.3 Å². The fraction of sp³-hybridized carbons (Fsp3) is 0. The number of anilines is 1. The average molecular weight is 354 g/mol. The van der Waals surface area contributed by atoms with E-state index in [1.807, 2.05) is 6.07 Å². The molecule has 20 heavy (non-hydrogen) atoms. The fourth-order valence-corrected chi connectivity index (χ4v) is 3.09. The van der Waals surface area contributed by atoms with Crippen LogP contribution in [0.5, 0.6) is 0 Å². The Morgan fingerprint density at radius 2 is 2.00 bits per heavy atom. The second-order valence-electron chi connectivity index (χ2n) is 3.80. The van der Waals surface area contributed by atoms with Gasteiger partial charge in [-0.1, -0.05) is 0 Å². The van der Waals surface area contributed by atoms with Gasteiger partial charge in [-0.25, -0.2) is 8.42 Å². The molecule has 0 atom stereocenters. The molecule has 0 spiro atoms. The lowest BCUT2D eigenvalue weighted by molar-refractivity contribution is 0.600. The molecule has 1 heterocycles. The van der Waals surface area contributed by atoms with Crippen molar-refractivity contribution in [1.82, 2.24) is 4.98 Å². The van der Waals surface area contributed by atoms with Gasteiger partial charge in [0.2, 0.25) is 5.56 Å². The number of benzene rings is 1. The molecule has 8 heteroatoms. The molecule has 2 N–H and O–H groups in total. The van der Waals surface area contributed by atoms with E-state index in [0.29, 0.717) is 15.7 Å². The summed E-state index contributed by atoms with van der Waals surface area (Å²) in [5, 5.41) is 8.75. The predicted molar refractivity (Wildman–Crippen MR) is 76.7 cm³/mol. The molecule has 2 aromatic rings. The minimum absolute atomic E-state index is 0.0617. The lowest BCUT2D eigenvalue weighted by Gasteiger charge is -2.09. The van der Waals surface area contributed by atoms with Gasteiger partial charge >= 0.3 is 0 Å². The molecule has 0 saturated carbocycles. The van der Waals surface area contributed by atoms with Crippen molar-refractivity contribution in [2.24, 2.45) is 0 Å². The van der Waals surface area contributed by atoms with Crippen molar-refractivity contribution in [2.45, 2.75) is 4.90 Å².